The van der Waals surface area contributed by atoms with Gasteiger partial charge in [0, 0.05) is 30.2 Å². The quantitative estimate of drug-likeness (QED) is 0.665. The number of ether oxygens (including phenoxy) is 1. The van der Waals surface area contributed by atoms with Crippen LogP contribution in [0.3, 0.4) is 0 Å². The van der Waals surface area contributed by atoms with E-state index in [0.29, 0.717) is 6.04 Å². The van der Waals surface area contributed by atoms with Gasteiger partial charge in [0.2, 0.25) is 0 Å². The Morgan fingerprint density at radius 1 is 0.929 bits per heavy atom. The van der Waals surface area contributed by atoms with Gasteiger partial charge in [-0.15, -0.1) is 0 Å². The number of para-hydroxylation sites is 1. The van der Waals surface area contributed by atoms with Crippen molar-refractivity contribution >= 4 is 16.5 Å². The maximum atomic E-state index is 10.3. The first-order valence-corrected chi connectivity index (χ1v) is 10.1. The van der Waals surface area contributed by atoms with Gasteiger partial charge >= 0.3 is 0 Å². The second-order valence-electron chi connectivity index (χ2n) is 7.54. The molecule has 28 heavy (non-hydrogen) atoms. The summed E-state index contributed by atoms with van der Waals surface area (Å²) >= 11 is 0. The summed E-state index contributed by atoms with van der Waals surface area (Å²) in [6, 6.07) is 25.1. The van der Waals surface area contributed by atoms with Gasteiger partial charge in [-0.3, -0.25) is 4.90 Å². The van der Waals surface area contributed by atoms with Gasteiger partial charge in [0.25, 0.3) is 0 Å². The molecule has 4 heteroatoms. The Morgan fingerprint density at radius 3 is 2.36 bits per heavy atom. The number of fused-ring (bicyclic) bond motifs is 1. The smallest absolute Gasteiger partial charge is 0.178 e. The fraction of sp³-hybridized carbons (Fsp3) is 0.333. The average Bonchev–Trinajstić information content (AvgIpc) is 2.74. The highest BCUT2D eigenvalue weighted by Crippen LogP contribution is 2.26. The summed E-state index contributed by atoms with van der Waals surface area (Å²) in [6.45, 7) is 3.59. The van der Waals surface area contributed by atoms with Gasteiger partial charge in [0.05, 0.1) is 0 Å². The molecule has 1 heterocycles. The molecule has 0 bridgehead atoms. The summed E-state index contributed by atoms with van der Waals surface area (Å²) in [5, 5.41) is 16.5. The molecular weight excluding hydrogens is 348 g/mol. The van der Waals surface area contributed by atoms with Crippen molar-refractivity contribution in [1.82, 2.24) is 4.90 Å². The van der Waals surface area contributed by atoms with E-state index in [0.717, 1.165) is 31.7 Å². The van der Waals surface area contributed by atoms with Crippen LogP contribution >= 0.6 is 0 Å². The lowest BCUT2D eigenvalue weighted by Gasteiger charge is -2.39. The molecule has 1 aliphatic heterocycles. The minimum Gasteiger partial charge on any atom is -0.472 e. The molecule has 2 atom stereocenters. The van der Waals surface area contributed by atoms with E-state index in [1.165, 1.54) is 16.5 Å². The normalized spacial score (nSPS) is 17.9. The molecular formula is C24H28N2O2. The van der Waals surface area contributed by atoms with E-state index in [1.807, 2.05) is 30.3 Å². The molecule has 0 saturated carbocycles. The number of hydrogen-bond donors (Lipinski definition) is 2. The molecule has 3 aromatic rings. The topological polar surface area (TPSA) is 44.7 Å². The maximum absolute atomic E-state index is 10.3. The lowest BCUT2D eigenvalue weighted by Crippen LogP contribution is -2.51. The first-order chi connectivity index (χ1) is 13.7. The molecule has 0 aliphatic carbocycles. The molecule has 1 fully saturated rings. The number of piperidine rings is 1. The Labute approximate surface area is 166 Å². The van der Waals surface area contributed by atoms with Crippen LogP contribution in [-0.4, -0.2) is 41.5 Å². The second kappa shape index (κ2) is 8.63. The lowest BCUT2D eigenvalue weighted by molar-refractivity contribution is -0.0661. The van der Waals surface area contributed by atoms with Gasteiger partial charge in [0.1, 0.15) is 11.9 Å². The number of rotatable bonds is 6. The van der Waals surface area contributed by atoms with E-state index in [2.05, 4.69) is 52.7 Å². The van der Waals surface area contributed by atoms with E-state index in [4.69, 9.17) is 4.74 Å². The van der Waals surface area contributed by atoms with Crippen molar-refractivity contribution in [2.24, 2.45) is 0 Å². The zero-order chi connectivity index (χ0) is 19.3. The van der Waals surface area contributed by atoms with Crippen LogP contribution in [0.15, 0.2) is 72.8 Å². The predicted octanol–water partition coefficient (Wildman–Crippen LogP) is 4.50. The monoisotopic (exact) mass is 376 g/mol. The van der Waals surface area contributed by atoms with Crippen LogP contribution < -0.4 is 10.1 Å². The van der Waals surface area contributed by atoms with Crippen LogP contribution in [0.25, 0.3) is 10.8 Å². The number of likely N-dealkylation sites (tertiary alicyclic amines) is 1. The minimum atomic E-state index is -0.553. The fourth-order valence-electron chi connectivity index (χ4n) is 3.99. The van der Waals surface area contributed by atoms with Crippen LogP contribution in [0.1, 0.15) is 19.8 Å². The minimum absolute atomic E-state index is 0.319. The first kappa shape index (κ1) is 18.8. The highest BCUT2D eigenvalue weighted by Gasteiger charge is 2.29. The van der Waals surface area contributed by atoms with E-state index in [1.54, 1.807) is 6.92 Å². The number of aliphatic hydroxyl groups is 1. The summed E-state index contributed by atoms with van der Waals surface area (Å²) in [7, 11) is 0. The van der Waals surface area contributed by atoms with Gasteiger partial charge in [0.15, 0.2) is 6.23 Å². The van der Waals surface area contributed by atoms with E-state index >= 15 is 0 Å². The largest absolute Gasteiger partial charge is 0.472 e. The number of nitrogens with one attached hydrogen (secondary N) is 1. The zero-order valence-electron chi connectivity index (χ0n) is 16.3. The van der Waals surface area contributed by atoms with Gasteiger partial charge < -0.3 is 15.2 Å². The molecule has 1 aliphatic rings. The van der Waals surface area contributed by atoms with Crippen molar-refractivity contribution in [2.75, 3.05) is 18.4 Å². The highest BCUT2D eigenvalue weighted by molar-refractivity contribution is 5.93. The third-order valence-corrected chi connectivity index (χ3v) is 5.45. The molecule has 2 unspecified atom stereocenters. The molecule has 146 valence electrons. The number of anilines is 1. The van der Waals surface area contributed by atoms with Gasteiger partial charge in [-0.25, -0.2) is 0 Å². The molecule has 2 N–H and O–H groups in total. The second-order valence-corrected chi connectivity index (χ2v) is 7.54. The predicted molar refractivity (Wildman–Crippen MR) is 115 cm³/mol. The third kappa shape index (κ3) is 4.29. The molecule has 1 saturated heterocycles. The molecule has 0 spiro atoms. The van der Waals surface area contributed by atoms with Crippen LogP contribution in [0, 0.1) is 0 Å². The Hall–Kier alpha value is -2.56. The molecule has 4 nitrogen and oxygen atoms in total. The van der Waals surface area contributed by atoms with Gasteiger partial charge in [-0.05, 0) is 43.4 Å². The standard InChI is InChI=1S/C24H28N2O2/c1-18(27)24(28-21-10-3-2-4-11-21)26-16-14-20(15-17-26)25-23-13-7-9-19-8-5-6-12-22(19)23/h2-13,18,20,24-25,27H,14-17H2,1H3. The van der Waals surface area contributed by atoms with E-state index in [-0.39, 0.29) is 6.23 Å². The summed E-state index contributed by atoms with van der Waals surface area (Å²) in [5.41, 5.74) is 1.20. The summed E-state index contributed by atoms with van der Waals surface area (Å²) in [4.78, 5) is 2.25. The van der Waals surface area contributed by atoms with Crippen LogP contribution in [0.5, 0.6) is 5.75 Å². The molecule has 4 rings (SSSR count). The molecule has 0 aromatic heterocycles. The van der Waals surface area contributed by atoms with Gasteiger partial charge in [-0.2, -0.15) is 0 Å². The third-order valence-electron chi connectivity index (χ3n) is 5.45. The van der Waals surface area contributed by atoms with Gasteiger partial charge in [-0.1, -0.05) is 54.6 Å². The SMILES string of the molecule is CC(O)C(Oc1ccccc1)N1CCC(Nc2cccc3ccccc23)CC1. The Kier molecular flexibility index (Phi) is 5.79. The van der Waals surface area contributed by atoms with E-state index < -0.39 is 6.10 Å². The molecule has 0 radical (unpaired) electrons. The summed E-state index contributed by atoms with van der Waals surface area (Å²) < 4.78 is 6.08. The Morgan fingerprint density at radius 2 is 1.61 bits per heavy atom. The fourth-order valence-corrected chi connectivity index (χ4v) is 3.99. The average molecular weight is 377 g/mol. The first-order valence-electron chi connectivity index (χ1n) is 10.1. The maximum Gasteiger partial charge on any atom is 0.178 e. The van der Waals surface area contributed by atoms with Crippen molar-refractivity contribution in [3.05, 3.63) is 72.8 Å². The number of hydrogen-bond acceptors (Lipinski definition) is 4. The van der Waals surface area contributed by atoms with Crippen molar-refractivity contribution in [3.63, 3.8) is 0 Å². The number of benzene rings is 3. The Bertz CT molecular complexity index is 884. The molecule has 0 amide bonds. The summed E-state index contributed by atoms with van der Waals surface area (Å²) in [5.74, 6) is 0.796. The highest BCUT2D eigenvalue weighted by atomic mass is 16.5. The molecule has 3 aromatic carbocycles. The number of nitrogens with zero attached hydrogens (tertiary/aromatic N) is 1. The van der Waals surface area contributed by atoms with Crippen LogP contribution in [-0.2, 0) is 0 Å². The van der Waals surface area contributed by atoms with Crippen LogP contribution in [0.2, 0.25) is 0 Å². The van der Waals surface area contributed by atoms with Crippen molar-refractivity contribution in [2.45, 2.75) is 38.1 Å². The van der Waals surface area contributed by atoms with Crippen molar-refractivity contribution in [1.29, 1.82) is 0 Å². The van der Waals surface area contributed by atoms with Crippen molar-refractivity contribution < 1.29 is 9.84 Å². The van der Waals surface area contributed by atoms with Crippen LogP contribution in [0.4, 0.5) is 5.69 Å². The van der Waals surface area contributed by atoms with Crippen molar-refractivity contribution in [3.8, 4) is 5.75 Å². The van der Waals surface area contributed by atoms with E-state index in [9.17, 15) is 5.11 Å². The Balaban J connectivity index is 1.39. The lowest BCUT2D eigenvalue weighted by atomic mass is 10.0. The number of aliphatic hydroxyl groups excluding tert-OH is 1. The summed E-state index contributed by atoms with van der Waals surface area (Å²) in [6.07, 6.45) is 1.17. The zero-order valence-corrected chi connectivity index (χ0v) is 16.3.